The Labute approximate surface area is 95.1 Å². The summed E-state index contributed by atoms with van der Waals surface area (Å²) in [6.45, 7) is 10.7. The average Bonchev–Trinajstić information content (AvgIpc) is 2.23. The molecule has 90 valence electrons. The second-order valence-corrected chi connectivity index (χ2v) is 4.04. The molecule has 2 heteroatoms. The highest BCUT2D eigenvalue weighted by Gasteiger charge is 1.99. The van der Waals surface area contributed by atoms with Crippen LogP contribution in [0.2, 0.25) is 0 Å². The van der Waals surface area contributed by atoms with Crippen molar-refractivity contribution in [2.45, 2.75) is 52.0 Å². The SMILES string of the molecule is C=CCCOCCNC(C)CCCCC. The van der Waals surface area contributed by atoms with Crippen LogP contribution in [-0.2, 0) is 4.74 Å². The summed E-state index contributed by atoms with van der Waals surface area (Å²) < 4.78 is 5.42. The first-order chi connectivity index (χ1) is 7.31. The maximum absolute atomic E-state index is 5.42. The predicted molar refractivity (Wildman–Crippen MR) is 67.2 cm³/mol. The zero-order valence-electron chi connectivity index (χ0n) is 10.4. The molecule has 0 aliphatic carbocycles. The fourth-order valence-corrected chi connectivity index (χ4v) is 1.45. The van der Waals surface area contributed by atoms with Crippen molar-refractivity contribution in [3.05, 3.63) is 12.7 Å². The molecule has 1 atom stereocenters. The van der Waals surface area contributed by atoms with Crippen molar-refractivity contribution in [3.8, 4) is 0 Å². The summed E-state index contributed by atoms with van der Waals surface area (Å²) in [5, 5.41) is 3.47. The molecule has 1 N–H and O–H groups in total. The van der Waals surface area contributed by atoms with E-state index in [2.05, 4.69) is 25.7 Å². The molecular formula is C13H27NO. The van der Waals surface area contributed by atoms with Crippen LogP contribution in [0.3, 0.4) is 0 Å². The van der Waals surface area contributed by atoms with Crippen LogP contribution < -0.4 is 5.32 Å². The molecule has 0 amide bonds. The Kier molecular flexibility index (Phi) is 11.5. The number of hydrogen-bond acceptors (Lipinski definition) is 2. The fraction of sp³-hybridized carbons (Fsp3) is 0.846. The molecular weight excluding hydrogens is 186 g/mol. The van der Waals surface area contributed by atoms with Crippen molar-refractivity contribution in [1.29, 1.82) is 0 Å². The molecule has 0 radical (unpaired) electrons. The zero-order chi connectivity index (χ0) is 11.4. The molecule has 0 aromatic carbocycles. The number of unbranched alkanes of at least 4 members (excludes halogenated alkanes) is 2. The highest BCUT2D eigenvalue weighted by molar-refractivity contribution is 4.65. The van der Waals surface area contributed by atoms with Gasteiger partial charge in [0, 0.05) is 12.6 Å². The maximum Gasteiger partial charge on any atom is 0.0591 e. The summed E-state index contributed by atoms with van der Waals surface area (Å²) >= 11 is 0. The molecule has 0 aliphatic heterocycles. The van der Waals surface area contributed by atoms with Gasteiger partial charge in [-0.3, -0.25) is 0 Å². The van der Waals surface area contributed by atoms with E-state index in [1.165, 1.54) is 25.7 Å². The van der Waals surface area contributed by atoms with E-state index in [9.17, 15) is 0 Å². The molecule has 0 aromatic rings. The topological polar surface area (TPSA) is 21.3 Å². The van der Waals surface area contributed by atoms with E-state index in [1.807, 2.05) is 6.08 Å². The summed E-state index contributed by atoms with van der Waals surface area (Å²) in [6, 6.07) is 0.625. The molecule has 15 heavy (non-hydrogen) atoms. The van der Waals surface area contributed by atoms with Crippen molar-refractivity contribution in [1.82, 2.24) is 5.32 Å². The zero-order valence-corrected chi connectivity index (χ0v) is 10.4. The van der Waals surface area contributed by atoms with Crippen LogP contribution in [0.15, 0.2) is 12.7 Å². The third-order valence-corrected chi connectivity index (χ3v) is 2.45. The highest BCUT2D eigenvalue weighted by Crippen LogP contribution is 2.02. The van der Waals surface area contributed by atoms with Crippen molar-refractivity contribution in [2.75, 3.05) is 19.8 Å². The minimum absolute atomic E-state index is 0.625. The van der Waals surface area contributed by atoms with Crippen LogP contribution in [0.5, 0.6) is 0 Å². The van der Waals surface area contributed by atoms with Crippen LogP contribution in [-0.4, -0.2) is 25.8 Å². The van der Waals surface area contributed by atoms with E-state index in [1.54, 1.807) is 0 Å². The van der Waals surface area contributed by atoms with Gasteiger partial charge in [-0.25, -0.2) is 0 Å². The van der Waals surface area contributed by atoms with Gasteiger partial charge in [0.15, 0.2) is 0 Å². The third-order valence-electron chi connectivity index (χ3n) is 2.45. The third kappa shape index (κ3) is 11.6. The van der Waals surface area contributed by atoms with Gasteiger partial charge in [-0.05, 0) is 19.8 Å². The average molecular weight is 213 g/mol. The Morgan fingerprint density at radius 3 is 2.80 bits per heavy atom. The largest absolute Gasteiger partial charge is 0.380 e. The standard InChI is InChI=1S/C13H27NO/c1-4-6-8-9-13(3)14-10-12-15-11-7-5-2/h5,13-14H,2,4,6-12H2,1,3H3. The van der Waals surface area contributed by atoms with Gasteiger partial charge in [0.2, 0.25) is 0 Å². The first-order valence-electron chi connectivity index (χ1n) is 6.23. The molecule has 0 rings (SSSR count). The van der Waals surface area contributed by atoms with Crippen LogP contribution in [0.4, 0.5) is 0 Å². The van der Waals surface area contributed by atoms with Gasteiger partial charge in [0.1, 0.15) is 0 Å². The maximum atomic E-state index is 5.42. The Morgan fingerprint density at radius 1 is 1.33 bits per heavy atom. The summed E-state index contributed by atoms with van der Waals surface area (Å²) in [6.07, 6.45) is 8.11. The van der Waals surface area contributed by atoms with Crippen molar-refractivity contribution in [3.63, 3.8) is 0 Å². The number of nitrogens with one attached hydrogen (secondary N) is 1. The molecule has 0 spiro atoms. The van der Waals surface area contributed by atoms with Gasteiger partial charge < -0.3 is 10.1 Å². The monoisotopic (exact) mass is 213 g/mol. The number of rotatable bonds is 11. The van der Waals surface area contributed by atoms with Crippen LogP contribution in [0.1, 0.15) is 46.0 Å². The van der Waals surface area contributed by atoms with Gasteiger partial charge in [-0.2, -0.15) is 0 Å². The van der Waals surface area contributed by atoms with Gasteiger partial charge in [-0.15, -0.1) is 6.58 Å². The Hall–Kier alpha value is -0.340. The van der Waals surface area contributed by atoms with Crippen LogP contribution in [0.25, 0.3) is 0 Å². The molecule has 2 nitrogen and oxygen atoms in total. The number of ether oxygens (including phenoxy) is 1. The van der Waals surface area contributed by atoms with Gasteiger partial charge in [0.25, 0.3) is 0 Å². The fourth-order valence-electron chi connectivity index (χ4n) is 1.45. The highest BCUT2D eigenvalue weighted by atomic mass is 16.5. The first-order valence-corrected chi connectivity index (χ1v) is 6.23. The molecule has 0 fully saturated rings. The van der Waals surface area contributed by atoms with E-state index in [-0.39, 0.29) is 0 Å². The minimum Gasteiger partial charge on any atom is -0.380 e. The summed E-state index contributed by atoms with van der Waals surface area (Å²) in [5.74, 6) is 0. The molecule has 0 aliphatic rings. The molecule has 0 heterocycles. The lowest BCUT2D eigenvalue weighted by Gasteiger charge is -2.13. The second kappa shape index (κ2) is 11.7. The quantitative estimate of drug-likeness (QED) is 0.420. The molecule has 0 aromatic heterocycles. The Morgan fingerprint density at radius 2 is 2.13 bits per heavy atom. The van der Waals surface area contributed by atoms with Crippen molar-refractivity contribution >= 4 is 0 Å². The van der Waals surface area contributed by atoms with Gasteiger partial charge >= 0.3 is 0 Å². The first kappa shape index (κ1) is 14.7. The van der Waals surface area contributed by atoms with E-state index < -0.39 is 0 Å². The molecule has 0 saturated heterocycles. The predicted octanol–water partition coefficient (Wildman–Crippen LogP) is 3.14. The molecule has 1 unspecified atom stereocenters. The molecule has 0 saturated carbocycles. The van der Waals surface area contributed by atoms with Gasteiger partial charge in [-0.1, -0.05) is 32.3 Å². The lowest BCUT2D eigenvalue weighted by molar-refractivity contribution is 0.138. The van der Waals surface area contributed by atoms with Gasteiger partial charge in [0.05, 0.1) is 13.2 Å². The summed E-state index contributed by atoms with van der Waals surface area (Å²) in [5.41, 5.74) is 0. The Balaban J connectivity index is 3.09. The van der Waals surface area contributed by atoms with Crippen LogP contribution in [0, 0.1) is 0 Å². The minimum atomic E-state index is 0.625. The number of hydrogen-bond donors (Lipinski definition) is 1. The Bertz CT molecular complexity index is 136. The summed E-state index contributed by atoms with van der Waals surface area (Å²) in [7, 11) is 0. The lowest BCUT2D eigenvalue weighted by atomic mass is 10.1. The smallest absolute Gasteiger partial charge is 0.0591 e. The second-order valence-electron chi connectivity index (χ2n) is 4.04. The van der Waals surface area contributed by atoms with E-state index in [0.717, 1.165) is 26.2 Å². The summed E-state index contributed by atoms with van der Waals surface area (Å²) in [4.78, 5) is 0. The molecule has 0 bridgehead atoms. The lowest BCUT2D eigenvalue weighted by Crippen LogP contribution is -2.29. The normalized spacial score (nSPS) is 12.7. The van der Waals surface area contributed by atoms with Crippen molar-refractivity contribution in [2.24, 2.45) is 0 Å². The van der Waals surface area contributed by atoms with E-state index >= 15 is 0 Å². The van der Waals surface area contributed by atoms with Crippen LogP contribution >= 0.6 is 0 Å². The van der Waals surface area contributed by atoms with E-state index in [0.29, 0.717) is 6.04 Å². The van der Waals surface area contributed by atoms with Crippen molar-refractivity contribution < 1.29 is 4.74 Å². The van der Waals surface area contributed by atoms with E-state index in [4.69, 9.17) is 4.74 Å².